The van der Waals surface area contributed by atoms with Crippen molar-refractivity contribution in [1.29, 1.82) is 0 Å². The van der Waals surface area contributed by atoms with Crippen molar-refractivity contribution in [2.75, 3.05) is 11.9 Å². The number of thiocarbonyl (C=S) groups is 1. The Morgan fingerprint density at radius 3 is 3.00 bits per heavy atom. The summed E-state index contributed by atoms with van der Waals surface area (Å²) >= 11 is 9.79. The lowest BCUT2D eigenvalue weighted by molar-refractivity contribution is -0.121. The number of hydrogen-bond donors (Lipinski definition) is 2. The predicted molar refractivity (Wildman–Crippen MR) is 90.9 cm³/mol. The van der Waals surface area contributed by atoms with E-state index >= 15 is 0 Å². The van der Waals surface area contributed by atoms with Gasteiger partial charge in [0.2, 0.25) is 0 Å². The van der Waals surface area contributed by atoms with E-state index in [-0.39, 0.29) is 17.6 Å². The smallest absolute Gasteiger partial charge is 0.264 e. The van der Waals surface area contributed by atoms with Crippen LogP contribution >= 0.6 is 39.5 Å². The molecule has 0 saturated carbocycles. The average molecular weight is 386 g/mol. The fraction of sp³-hybridized carbons (Fsp3) is 0.154. The van der Waals surface area contributed by atoms with Crippen LogP contribution in [-0.4, -0.2) is 22.6 Å². The summed E-state index contributed by atoms with van der Waals surface area (Å²) in [5, 5.41) is 7.97. The first-order valence-corrected chi connectivity index (χ1v) is 8.02. The topological polar surface area (TPSA) is 63.2 Å². The van der Waals surface area contributed by atoms with Crippen LogP contribution in [0.4, 0.5) is 5.13 Å². The number of halogens is 1. The summed E-state index contributed by atoms with van der Waals surface area (Å²) in [6.07, 6.45) is 1.65. The Bertz CT molecular complexity index is 647. The first-order valence-electron chi connectivity index (χ1n) is 5.94. The normalized spacial score (nSPS) is 10.0. The lowest BCUT2D eigenvalue weighted by atomic mass is 10.2. The van der Waals surface area contributed by atoms with E-state index in [1.165, 1.54) is 11.3 Å². The van der Waals surface area contributed by atoms with Gasteiger partial charge in [-0.05, 0) is 52.8 Å². The Morgan fingerprint density at radius 1 is 1.52 bits per heavy atom. The van der Waals surface area contributed by atoms with Crippen LogP contribution < -0.4 is 15.4 Å². The van der Waals surface area contributed by atoms with Crippen LogP contribution in [0.3, 0.4) is 0 Å². The zero-order valence-electron chi connectivity index (χ0n) is 11.1. The quantitative estimate of drug-likeness (QED) is 0.791. The molecule has 2 N–H and O–H groups in total. The van der Waals surface area contributed by atoms with Crippen LogP contribution in [-0.2, 0) is 4.79 Å². The third-order valence-corrected chi connectivity index (χ3v) is 3.86. The molecule has 110 valence electrons. The number of amides is 1. The molecule has 1 amide bonds. The van der Waals surface area contributed by atoms with Crippen LogP contribution in [0.2, 0.25) is 0 Å². The molecule has 0 unspecified atom stereocenters. The largest absolute Gasteiger partial charge is 0.483 e. The molecule has 0 aliphatic carbocycles. The van der Waals surface area contributed by atoms with Crippen LogP contribution in [0.15, 0.2) is 34.2 Å². The fourth-order valence-corrected chi connectivity index (χ4v) is 2.86. The number of nitrogens with one attached hydrogen (secondary N) is 2. The summed E-state index contributed by atoms with van der Waals surface area (Å²) in [4.78, 5) is 15.7. The monoisotopic (exact) mass is 385 g/mol. The molecule has 0 aliphatic rings. The van der Waals surface area contributed by atoms with Crippen LogP contribution in [0.5, 0.6) is 5.75 Å². The van der Waals surface area contributed by atoms with Gasteiger partial charge in [-0.3, -0.25) is 10.1 Å². The number of aryl methyl sites for hydroxylation is 1. The van der Waals surface area contributed by atoms with Gasteiger partial charge in [0, 0.05) is 11.6 Å². The fourth-order valence-electron chi connectivity index (χ4n) is 1.44. The molecule has 0 saturated heterocycles. The van der Waals surface area contributed by atoms with Crippen molar-refractivity contribution in [2.24, 2.45) is 0 Å². The summed E-state index contributed by atoms with van der Waals surface area (Å²) in [5.41, 5.74) is 1.10. The van der Waals surface area contributed by atoms with Crippen molar-refractivity contribution in [3.05, 3.63) is 39.8 Å². The number of anilines is 1. The molecule has 8 heteroatoms. The number of rotatable bonds is 4. The molecule has 1 aromatic heterocycles. The summed E-state index contributed by atoms with van der Waals surface area (Å²) in [6, 6.07) is 5.63. The maximum absolute atomic E-state index is 11.7. The summed E-state index contributed by atoms with van der Waals surface area (Å²) in [7, 11) is 0. The first kappa shape index (κ1) is 15.9. The number of aromatic nitrogens is 1. The van der Waals surface area contributed by atoms with Gasteiger partial charge in [0.1, 0.15) is 5.75 Å². The lowest BCUT2D eigenvalue weighted by Crippen LogP contribution is -2.37. The number of nitrogens with zero attached hydrogens (tertiary/aromatic N) is 1. The number of carbonyl (C=O) groups is 1. The Morgan fingerprint density at radius 2 is 2.33 bits per heavy atom. The maximum atomic E-state index is 11.7. The van der Waals surface area contributed by atoms with Crippen LogP contribution in [0.25, 0.3) is 0 Å². The van der Waals surface area contributed by atoms with Crippen LogP contribution in [0, 0.1) is 6.92 Å². The number of hydrogen-bond acceptors (Lipinski definition) is 5. The summed E-state index contributed by atoms with van der Waals surface area (Å²) < 4.78 is 6.23. The highest BCUT2D eigenvalue weighted by Gasteiger charge is 2.08. The van der Waals surface area contributed by atoms with Gasteiger partial charge in [0.05, 0.1) is 4.47 Å². The lowest BCUT2D eigenvalue weighted by Gasteiger charge is -2.10. The van der Waals surface area contributed by atoms with Crippen molar-refractivity contribution in [2.45, 2.75) is 6.92 Å². The van der Waals surface area contributed by atoms with Gasteiger partial charge in [-0.2, -0.15) is 0 Å². The van der Waals surface area contributed by atoms with Gasteiger partial charge >= 0.3 is 0 Å². The number of benzene rings is 1. The standard InChI is InChI=1S/C13H12BrN3O2S2/c1-8-2-3-10(9(14)6-8)19-7-11(18)16-12(20)17-13-15-4-5-21-13/h2-6H,7H2,1H3,(H2,15,16,17,18,20). The van der Waals surface area contributed by atoms with Crippen molar-refractivity contribution < 1.29 is 9.53 Å². The Hall–Kier alpha value is -1.51. The molecule has 0 atom stereocenters. The van der Waals surface area contributed by atoms with E-state index < -0.39 is 0 Å². The zero-order valence-corrected chi connectivity index (χ0v) is 14.3. The molecule has 0 bridgehead atoms. The van der Waals surface area contributed by atoms with E-state index in [2.05, 4.69) is 31.5 Å². The SMILES string of the molecule is Cc1ccc(OCC(=O)NC(=S)Nc2nccs2)c(Br)c1. The highest BCUT2D eigenvalue weighted by Crippen LogP contribution is 2.25. The van der Waals surface area contributed by atoms with E-state index in [9.17, 15) is 4.79 Å². The van der Waals surface area contributed by atoms with E-state index in [0.29, 0.717) is 10.9 Å². The zero-order chi connectivity index (χ0) is 15.2. The average Bonchev–Trinajstić information content (AvgIpc) is 2.90. The molecule has 0 radical (unpaired) electrons. The Balaban J connectivity index is 1.80. The second-order valence-electron chi connectivity index (χ2n) is 4.06. The maximum Gasteiger partial charge on any atom is 0.264 e. The number of thiazole rings is 1. The van der Waals surface area contributed by atoms with Gasteiger partial charge in [0.25, 0.3) is 5.91 Å². The summed E-state index contributed by atoms with van der Waals surface area (Å²) in [5.74, 6) is 0.270. The molecule has 21 heavy (non-hydrogen) atoms. The van der Waals surface area contributed by atoms with E-state index in [1.54, 1.807) is 12.3 Å². The molecule has 5 nitrogen and oxygen atoms in total. The van der Waals surface area contributed by atoms with Crippen LogP contribution in [0.1, 0.15) is 5.56 Å². The Labute approximate surface area is 139 Å². The molecule has 2 rings (SSSR count). The molecule has 1 heterocycles. The van der Waals surface area contributed by atoms with Gasteiger partial charge < -0.3 is 10.1 Å². The second-order valence-corrected chi connectivity index (χ2v) is 6.22. The van der Waals surface area contributed by atoms with Crippen molar-refractivity contribution in [3.63, 3.8) is 0 Å². The molecule has 1 aromatic carbocycles. The van der Waals surface area contributed by atoms with Crippen molar-refractivity contribution in [1.82, 2.24) is 10.3 Å². The Kier molecular flexibility index (Phi) is 5.66. The van der Waals surface area contributed by atoms with E-state index in [0.717, 1.165) is 10.0 Å². The second kappa shape index (κ2) is 7.48. The van der Waals surface area contributed by atoms with Crippen molar-refractivity contribution >= 4 is 55.6 Å². The summed E-state index contributed by atoms with van der Waals surface area (Å²) in [6.45, 7) is 1.85. The third kappa shape index (κ3) is 5.07. The molecule has 0 aliphatic heterocycles. The van der Waals surface area contributed by atoms with Gasteiger partial charge in [0.15, 0.2) is 16.9 Å². The van der Waals surface area contributed by atoms with Gasteiger partial charge in [-0.15, -0.1) is 11.3 Å². The minimum absolute atomic E-state index is 0.124. The number of ether oxygens (including phenoxy) is 1. The van der Waals surface area contributed by atoms with Gasteiger partial charge in [-0.25, -0.2) is 4.98 Å². The van der Waals surface area contributed by atoms with Gasteiger partial charge in [-0.1, -0.05) is 6.07 Å². The van der Waals surface area contributed by atoms with Crippen molar-refractivity contribution in [3.8, 4) is 5.75 Å². The highest BCUT2D eigenvalue weighted by molar-refractivity contribution is 9.10. The van der Waals surface area contributed by atoms with E-state index in [4.69, 9.17) is 17.0 Å². The third-order valence-electron chi connectivity index (χ3n) is 2.35. The highest BCUT2D eigenvalue weighted by atomic mass is 79.9. The molecular formula is C13H12BrN3O2S2. The molecule has 0 spiro atoms. The van der Waals surface area contributed by atoms with E-state index in [1.807, 2.05) is 24.4 Å². The molecule has 0 fully saturated rings. The first-order chi connectivity index (χ1) is 10.0. The minimum atomic E-state index is -0.337. The minimum Gasteiger partial charge on any atom is -0.483 e. The predicted octanol–water partition coefficient (Wildman–Crippen LogP) is 3.11. The number of carbonyl (C=O) groups excluding carboxylic acids is 1. The molecular weight excluding hydrogens is 374 g/mol. The molecule has 2 aromatic rings.